The molecule has 0 aliphatic carbocycles. The Morgan fingerprint density at radius 2 is 2.00 bits per heavy atom. The van der Waals surface area contributed by atoms with E-state index in [0.717, 1.165) is 0 Å². The highest BCUT2D eigenvalue weighted by Gasteiger charge is 2.11. The van der Waals surface area contributed by atoms with E-state index in [1.54, 1.807) is 0 Å². The van der Waals surface area contributed by atoms with Gasteiger partial charge in [-0.2, -0.15) is 10.0 Å². The van der Waals surface area contributed by atoms with Crippen LogP contribution in [0.5, 0.6) is 0 Å². The number of hydroxylamine groups is 1. The molecule has 0 aliphatic heterocycles. The second-order valence-electron chi connectivity index (χ2n) is 0.596. The number of hydrogen-bond acceptors (Lipinski definition) is 2. The van der Waals surface area contributed by atoms with Crippen molar-refractivity contribution in [2.24, 2.45) is 0 Å². The summed E-state index contributed by atoms with van der Waals surface area (Å²) in [5.41, 5.74) is 0. The van der Waals surface area contributed by atoms with Crippen LogP contribution in [0.2, 0.25) is 0 Å². The highest BCUT2D eigenvalue weighted by atomic mass is 19.2. The first-order valence-corrected chi connectivity index (χ1v) is 1.09. The maximum Gasteiger partial charge on any atom is 0.586 e. The first kappa shape index (κ1) is 5.32. The largest absolute Gasteiger partial charge is 0.586 e. The molecule has 0 saturated carbocycles. The van der Waals surface area contributed by atoms with Crippen LogP contribution in [0.4, 0.5) is 9.28 Å². The molecule has 0 heterocycles. The summed E-state index contributed by atoms with van der Waals surface area (Å²) in [4.78, 5) is 9.04. The smallest absolute Gasteiger partial charge is 0.431 e. The molecule has 0 aromatic rings. The van der Waals surface area contributed by atoms with Crippen LogP contribution in [-0.4, -0.2) is 16.4 Å². The number of quaternary nitrogens is 1. The molecule has 0 radical (unpaired) electrons. The van der Waals surface area contributed by atoms with E-state index < -0.39 is 11.4 Å². The third-order valence-electron chi connectivity index (χ3n) is 0.176. The molecule has 4 nitrogen and oxygen atoms in total. The average Bonchev–Trinajstić information content (AvgIpc) is 1.36. The number of carboxylic acid groups (broad SMARTS) is 1. The minimum absolute atomic E-state index is 1.94. The number of nitrogens with one attached hydrogen (secondary N) is 1. The van der Waals surface area contributed by atoms with E-state index in [4.69, 9.17) is 15.1 Å². The third-order valence-corrected chi connectivity index (χ3v) is 0.176. The van der Waals surface area contributed by atoms with E-state index in [1.807, 2.05) is 0 Å². The van der Waals surface area contributed by atoms with E-state index in [2.05, 4.69) is 0 Å². The molecular formula is CH3FNO3+. The van der Waals surface area contributed by atoms with Crippen molar-refractivity contribution in [3.63, 3.8) is 0 Å². The zero-order valence-electron chi connectivity index (χ0n) is 2.68. The Hall–Kier alpha value is -0.680. The van der Waals surface area contributed by atoms with E-state index in [1.165, 1.54) is 0 Å². The van der Waals surface area contributed by atoms with Gasteiger partial charge < -0.3 is 5.11 Å². The van der Waals surface area contributed by atoms with Crippen molar-refractivity contribution in [3.05, 3.63) is 0 Å². The molecule has 36 valence electrons. The molecule has 0 bridgehead atoms. The Bertz CT molecular complexity index is 61.8. The molecule has 6 heavy (non-hydrogen) atoms. The minimum Gasteiger partial charge on any atom is -0.431 e. The topological polar surface area (TPSA) is 62.0 Å². The molecule has 1 unspecified atom stereocenters. The lowest BCUT2D eigenvalue weighted by Gasteiger charge is -1.80. The zero-order chi connectivity index (χ0) is 5.15. The molecule has 0 aromatic heterocycles. The van der Waals surface area contributed by atoms with Crippen LogP contribution in [0.3, 0.4) is 0 Å². The van der Waals surface area contributed by atoms with Gasteiger partial charge in [-0.25, -0.2) is 0 Å². The van der Waals surface area contributed by atoms with Crippen LogP contribution in [-0.2, 0) is 0 Å². The molecule has 1 amide bonds. The summed E-state index contributed by atoms with van der Waals surface area (Å²) in [7, 11) is 0. The fourth-order valence-corrected chi connectivity index (χ4v) is 0. The first-order valence-electron chi connectivity index (χ1n) is 1.09. The molecular weight excluding hydrogens is 93.0 g/mol. The minimum atomic E-state index is -2.07. The van der Waals surface area contributed by atoms with Gasteiger partial charge in [0.25, 0.3) is 0 Å². The number of amides is 1. The van der Waals surface area contributed by atoms with Gasteiger partial charge in [0.2, 0.25) is 0 Å². The molecule has 0 rings (SSSR count). The predicted molar refractivity (Wildman–Crippen MR) is 11.9 cm³/mol. The Morgan fingerprint density at radius 1 is 1.83 bits per heavy atom. The van der Waals surface area contributed by atoms with E-state index >= 15 is 0 Å². The average molecular weight is 96.0 g/mol. The highest BCUT2D eigenvalue weighted by molar-refractivity contribution is 5.52. The Labute approximate surface area is 32.3 Å². The lowest BCUT2D eigenvalue weighted by Crippen LogP contribution is -3.04. The van der Waals surface area contributed by atoms with Gasteiger partial charge in [0.05, 0.1) is 5.29 Å². The SMILES string of the molecule is O=C(O)[NH+](O)F. The number of halogens is 1. The van der Waals surface area contributed by atoms with Gasteiger partial charge in [0, 0.05) is 4.48 Å². The summed E-state index contributed by atoms with van der Waals surface area (Å²) in [5.74, 6) is 0. The van der Waals surface area contributed by atoms with E-state index in [-0.39, 0.29) is 0 Å². The molecule has 1 atom stereocenters. The van der Waals surface area contributed by atoms with Crippen LogP contribution in [0, 0.1) is 0 Å². The van der Waals surface area contributed by atoms with E-state index in [0.29, 0.717) is 0 Å². The van der Waals surface area contributed by atoms with Crippen LogP contribution < -0.4 is 5.29 Å². The maximum absolute atomic E-state index is 10.7. The molecule has 5 heteroatoms. The van der Waals surface area contributed by atoms with Gasteiger partial charge in [-0.3, -0.25) is 0 Å². The van der Waals surface area contributed by atoms with Crippen molar-refractivity contribution < 1.29 is 24.9 Å². The van der Waals surface area contributed by atoms with E-state index in [9.17, 15) is 4.48 Å². The summed E-state index contributed by atoms with van der Waals surface area (Å²) >= 11 is 0. The second-order valence-corrected chi connectivity index (χ2v) is 0.596. The Kier molecular flexibility index (Phi) is 1.49. The van der Waals surface area contributed by atoms with Crippen molar-refractivity contribution in [2.75, 3.05) is 0 Å². The second kappa shape index (κ2) is 1.68. The summed E-state index contributed by atoms with van der Waals surface area (Å²) < 4.78 is 10.7. The fraction of sp³-hybridized carbons (Fsp3) is 0. The summed E-state index contributed by atoms with van der Waals surface area (Å²) in [6.45, 7) is 0. The van der Waals surface area contributed by atoms with Crippen LogP contribution in [0.15, 0.2) is 0 Å². The van der Waals surface area contributed by atoms with Crippen molar-refractivity contribution in [2.45, 2.75) is 0 Å². The lowest BCUT2D eigenvalue weighted by molar-refractivity contribution is -1.14. The zero-order valence-corrected chi connectivity index (χ0v) is 2.68. The van der Waals surface area contributed by atoms with Crippen molar-refractivity contribution in [1.82, 2.24) is 0 Å². The Morgan fingerprint density at radius 3 is 2.00 bits per heavy atom. The molecule has 0 saturated heterocycles. The van der Waals surface area contributed by atoms with Crippen molar-refractivity contribution in [3.8, 4) is 0 Å². The van der Waals surface area contributed by atoms with Gasteiger partial charge in [0.1, 0.15) is 0 Å². The number of rotatable bonds is 0. The van der Waals surface area contributed by atoms with Crippen LogP contribution in [0.25, 0.3) is 0 Å². The lowest BCUT2D eigenvalue weighted by atomic mass is 11.3. The molecule has 0 fully saturated rings. The summed E-state index contributed by atoms with van der Waals surface area (Å²) in [6, 6.07) is 0. The number of carbonyl (C=O) groups is 1. The third kappa shape index (κ3) is 1.62. The van der Waals surface area contributed by atoms with Gasteiger partial charge in [-0.05, 0) is 0 Å². The summed E-state index contributed by atoms with van der Waals surface area (Å²) in [5, 5.41) is 12.5. The summed E-state index contributed by atoms with van der Waals surface area (Å²) in [6.07, 6.45) is -1.94. The fourth-order valence-electron chi connectivity index (χ4n) is 0. The standard InChI is InChI=1S/CH2FNO3/c2-3(6)1(4)5/h6H,(H,4,5)/p+1. The Balaban J connectivity index is 3.26. The quantitative estimate of drug-likeness (QED) is 0.202. The number of hydrogen-bond donors (Lipinski definition) is 3. The van der Waals surface area contributed by atoms with Gasteiger partial charge >= 0.3 is 6.09 Å². The predicted octanol–water partition coefficient (Wildman–Crippen LogP) is -1.18. The normalized spacial score (nSPS) is 13.7. The highest BCUT2D eigenvalue weighted by Crippen LogP contribution is 1.42. The first-order chi connectivity index (χ1) is 2.64. The van der Waals surface area contributed by atoms with Crippen LogP contribution in [0.1, 0.15) is 0 Å². The van der Waals surface area contributed by atoms with Gasteiger partial charge in [-0.15, -0.1) is 0 Å². The molecule has 0 aliphatic rings. The molecule has 0 spiro atoms. The van der Waals surface area contributed by atoms with Gasteiger partial charge in [0.15, 0.2) is 0 Å². The van der Waals surface area contributed by atoms with Crippen molar-refractivity contribution in [1.29, 1.82) is 0 Å². The molecule has 0 aromatic carbocycles. The van der Waals surface area contributed by atoms with Crippen molar-refractivity contribution >= 4 is 6.09 Å². The monoisotopic (exact) mass is 96.0 g/mol. The van der Waals surface area contributed by atoms with Crippen LogP contribution >= 0.6 is 0 Å². The van der Waals surface area contributed by atoms with Gasteiger partial charge in [-0.1, -0.05) is 0 Å². The maximum atomic E-state index is 10.7. The molecule has 3 N–H and O–H groups in total.